The number of ether oxygens (including phenoxy) is 1. The first-order chi connectivity index (χ1) is 11.1. The van der Waals surface area contributed by atoms with Gasteiger partial charge in [-0.2, -0.15) is 0 Å². The summed E-state index contributed by atoms with van der Waals surface area (Å²) >= 11 is 0. The molecule has 2 bridgehead atoms. The van der Waals surface area contributed by atoms with Gasteiger partial charge in [-0.3, -0.25) is 4.79 Å². The first-order valence-electron chi connectivity index (χ1n) is 8.89. The van der Waals surface area contributed by atoms with Crippen LogP contribution in [0.3, 0.4) is 0 Å². The van der Waals surface area contributed by atoms with Crippen LogP contribution in [0.1, 0.15) is 50.2 Å². The zero-order chi connectivity index (χ0) is 16.2. The number of hydrogen-bond acceptors (Lipinski definition) is 3. The number of amides is 1. The molecule has 2 aliphatic heterocycles. The highest BCUT2D eigenvalue weighted by Crippen LogP contribution is 2.32. The Kier molecular flexibility index (Phi) is 6.93. The van der Waals surface area contributed by atoms with Gasteiger partial charge in [0.05, 0.1) is 6.61 Å². The second-order valence-corrected chi connectivity index (χ2v) is 7.00. The fourth-order valence-corrected chi connectivity index (χ4v) is 3.97. The second-order valence-electron chi connectivity index (χ2n) is 7.00. The van der Waals surface area contributed by atoms with Crippen LogP contribution >= 0.6 is 12.4 Å². The number of benzene rings is 1. The third-order valence-electron chi connectivity index (χ3n) is 5.04. The van der Waals surface area contributed by atoms with Crippen LogP contribution < -0.4 is 15.4 Å². The highest BCUT2D eigenvalue weighted by Gasteiger charge is 2.34. The van der Waals surface area contributed by atoms with E-state index in [1.165, 1.54) is 18.4 Å². The van der Waals surface area contributed by atoms with Gasteiger partial charge in [-0.1, -0.05) is 12.1 Å². The largest absolute Gasteiger partial charge is 0.494 e. The van der Waals surface area contributed by atoms with Crippen molar-refractivity contribution in [2.45, 2.75) is 64.6 Å². The van der Waals surface area contributed by atoms with E-state index >= 15 is 0 Å². The van der Waals surface area contributed by atoms with Gasteiger partial charge in [0.15, 0.2) is 0 Å². The van der Waals surface area contributed by atoms with Crippen LogP contribution in [-0.4, -0.2) is 24.6 Å². The molecule has 0 saturated carbocycles. The number of aryl methyl sites for hydroxylation is 1. The standard InChI is InChI=1S/C19H28N2O2.ClH/c1-3-23-18-8-13(2)4-5-15(18)12-20-19(22)11-14-9-16-6-7-17(10-14)21-16;/h4-5,8,14,16-17,21H,3,6-7,9-12H2,1-2H3,(H,20,22);1H. The average Bonchev–Trinajstić information content (AvgIpc) is 2.85. The van der Waals surface area contributed by atoms with Crippen molar-refractivity contribution >= 4 is 18.3 Å². The molecule has 134 valence electrons. The Bertz CT molecular complexity index is 552. The van der Waals surface area contributed by atoms with Crippen molar-refractivity contribution in [3.8, 4) is 5.75 Å². The smallest absolute Gasteiger partial charge is 0.220 e. The van der Waals surface area contributed by atoms with Crippen molar-refractivity contribution in [1.29, 1.82) is 0 Å². The monoisotopic (exact) mass is 352 g/mol. The van der Waals surface area contributed by atoms with E-state index < -0.39 is 0 Å². The zero-order valence-corrected chi connectivity index (χ0v) is 15.5. The van der Waals surface area contributed by atoms with Gasteiger partial charge in [-0.15, -0.1) is 12.4 Å². The third kappa shape index (κ3) is 4.87. The van der Waals surface area contributed by atoms with E-state index in [0.717, 1.165) is 24.2 Å². The fourth-order valence-electron chi connectivity index (χ4n) is 3.97. The van der Waals surface area contributed by atoms with Gasteiger partial charge in [0.1, 0.15) is 5.75 Å². The first kappa shape index (κ1) is 19.1. The lowest BCUT2D eigenvalue weighted by Gasteiger charge is -2.28. The van der Waals surface area contributed by atoms with Crippen molar-refractivity contribution in [2.24, 2.45) is 5.92 Å². The summed E-state index contributed by atoms with van der Waals surface area (Å²) in [5.74, 6) is 1.59. The van der Waals surface area contributed by atoms with Crippen molar-refractivity contribution in [1.82, 2.24) is 10.6 Å². The predicted molar refractivity (Wildman–Crippen MR) is 98.7 cm³/mol. The Morgan fingerprint density at radius 3 is 2.67 bits per heavy atom. The summed E-state index contributed by atoms with van der Waals surface area (Å²) < 4.78 is 5.68. The lowest BCUT2D eigenvalue weighted by Crippen LogP contribution is -2.39. The van der Waals surface area contributed by atoms with Crippen LogP contribution in [0.4, 0.5) is 0 Å². The Morgan fingerprint density at radius 1 is 1.29 bits per heavy atom. The quantitative estimate of drug-likeness (QED) is 0.825. The van der Waals surface area contributed by atoms with E-state index in [-0.39, 0.29) is 18.3 Å². The SMILES string of the molecule is CCOc1cc(C)ccc1CNC(=O)CC1CC2CCC(C1)N2.Cl. The number of nitrogens with one attached hydrogen (secondary N) is 2. The minimum Gasteiger partial charge on any atom is -0.494 e. The lowest BCUT2D eigenvalue weighted by molar-refractivity contribution is -0.122. The number of fused-ring (bicyclic) bond motifs is 2. The molecule has 2 fully saturated rings. The summed E-state index contributed by atoms with van der Waals surface area (Å²) in [6.07, 6.45) is 5.52. The molecular weight excluding hydrogens is 324 g/mol. The maximum absolute atomic E-state index is 12.3. The van der Waals surface area contributed by atoms with Crippen LogP contribution in [0.25, 0.3) is 0 Å². The van der Waals surface area contributed by atoms with Crippen LogP contribution in [0, 0.1) is 12.8 Å². The number of rotatable bonds is 6. The molecule has 0 aliphatic carbocycles. The average molecular weight is 353 g/mol. The van der Waals surface area contributed by atoms with E-state index in [1.807, 2.05) is 19.1 Å². The van der Waals surface area contributed by atoms with Gasteiger partial charge < -0.3 is 15.4 Å². The molecule has 0 spiro atoms. The molecule has 1 aromatic rings. The van der Waals surface area contributed by atoms with E-state index in [2.05, 4.69) is 23.6 Å². The molecule has 2 heterocycles. The molecule has 2 atom stereocenters. The minimum absolute atomic E-state index is 0. The fraction of sp³-hybridized carbons (Fsp3) is 0.632. The number of carbonyl (C=O) groups excluding carboxylic acids is 1. The van der Waals surface area contributed by atoms with Crippen LogP contribution in [0.15, 0.2) is 18.2 Å². The van der Waals surface area contributed by atoms with Crippen molar-refractivity contribution in [3.63, 3.8) is 0 Å². The van der Waals surface area contributed by atoms with E-state index in [0.29, 0.717) is 37.6 Å². The molecule has 0 radical (unpaired) electrons. The van der Waals surface area contributed by atoms with Gasteiger partial charge in [-0.05, 0) is 57.1 Å². The molecule has 5 heteroatoms. The van der Waals surface area contributed by atoms with Gasteiger partial charge in [-0.25, -0.2) is 0 Å². The van der Waals surface area contributed by atoms with Crippen LogP contribution in [-0.2, 0) is 11.3 Å². The summed E-state index contributed by atoms with van der Waals surface area (Å²) in [5.41, 5.74) is 2.23. The Labute approximate surface area is 151 Å². The number of carbonyl (C=O) groups is 1. The highest BCUT2D eigenvalue weighted by molar-refractivity contribution is 5.85. The topological polar surface area (TPSA) is 50.4 Å². The Morgan fingerprint density at radius 2 is 2.00 bits per heavy atom. The van der Waals surface area contributed by atoms with Crippen LogP contribution in [0.5, 0.6) is 5.75 Å². The molecule has 4 nitrogen and oxygen atoms in total. The summed E-state index contributed by atoms with van der Waals surface area (Å²) in [4.78, 5) is 12.3. The van der Waals surface area contributed by atoms with Crippen molar-refractivity contribution in [3.05, 3.63) is 29.3 Å². The normalized spacial score (nSPS) is 25.0. The first-order valence-corrected chi connectivity index (χ1v) is 8.89. The Hall–Kier alpha value is -1.26. The second kappa shape index (κ2) is 8.72. The maximum atomic E-state index is 12.3. The molecular formula is C19H29ClN2O2. The molecule has 1 amide bonds. The number of hydrogen-bond donors (Lipinski definition) is 2. The molecule has 2 N–H and O–H groups in total. The summed E-state index contributed by atoms with van der Waals surface area (Å²) in [5, 5.41) is 6.71. The van der Waals surface area contributed by atoms with Gasteiger partial charge in [0, 0.05) is 30.6 Å². The molecule has 3 rings (SSSR count). The molecule has 2 saturated heterocycles. The molecule has 0 aromatic heterocycles. The van der Waals surface area contributed by atoms with Crippen molar-refractivity contribution in [2.75, 3.05) is 6.61 Å². The van der Waals surface area contributed by atoms with E-state index in [4.69, 9.17) is 4.74 Å². The highest BCUT2D eigenvalue weighted by atomic mass is 35.5. The lowest BCUT2D eigenvalue weighted by atomic mass is 9.89. The Balaban J connectivity index is 0.00000208. The zero-order valence-electron chi connectivity index (χ0n) is 14.6. The molecule has 1 aromatic carbocycles. The van der Waals surface area contributed by atoms with Crippen molar-refractivity contribution < 1.29 is 9.53 Å². The molecule has 2 unspecified atom stereocenters. The van der Waals surface area contributed by atoms with E-state index in [1.54, 1.807) is 0 Å². The maximum Gasteiger partial charge on any atom is 0.220 e. The molecule has 2 aliphatic rings. The predicted octanol–water partition coefficient (Wildman–Crippen LogP) is 3.35. The van der Waals surface area contributed by atoms with Gasteiger partial charge in [0.2, 0.25) is 5.91 Å². The molecule has 24 heavy (non-hydrogen) atoms. The van der Waals surface area contributed by atoms with Gasteiger partial charge in [0.25, 0.3) is 0 Å². The summed E-state index contributed by atoms with van der Waals surface area (Å²) in [6.45, 7) is 5.22. The van der Waals surface area contributed by atoms with Crippen LogP contribution in [0.2, 0.25) is 0 Å². The summed E-state index contributed by atoms with van der Waals surface area (Å²) in [6, 6.07) is 7.44. The minimum atomic E-state index is 0. The summed E-state index contributed by atoms with van der Waals surface area (Å²) in [7, 11) is 0. The van der Waals surface area contributed by atoms with Gasteiger partial charge >= 0.3 is 0 Å². The number of piperidine rings is 1. The number of halogens is 1. The van der Waals surface area contributed by atoms with E-state index in [9.17, 15) is 4.79 Å². The third-order valence-corrected chi connectivity index (χ3v) is 5.04.